The van der Waals surface area contributed by atoms with Crippen LogP contribution in [0.5, 0.6) is 0 Å². The minimum Gasteiger partial charge on any atom is -0.355 e. The Morgan fingerprint density at radius 2 is 1.25 bits per heavy atom. The average Bonchev–Trinajstić information content (AvgIpc) is 3.59. The van der Waals surface area contributed by atoms with Crippen LogP contribution in [0, 0.1) is 0 Å². The summed E-state index contributed by atoms with van der Waals surface area (Å²) in [5.41, 5.74) is 18.9. The van der Waals surface area contributed by atoms with E-state index >= 15 is 0 Å². The van der Waals surface area contributed by atoms with E-state index in [0.29, 0.717) is 31.7 Å². The minimum atomic E-state index is -0.186. The third-order valence-corrected chi connectivity index (χ3v) is 7.17. The van der Waals surface area contributed by atoms with Gasteiger partial charge >= 0.3 is 6.03 Å². The Bertz CT molecular complexity index is 1870. The molecule has 0 radical (unpaired) electrons. The van der Waals surface area contributed by atoms with Gasteiger partial charge in [-0.25, -0.2) is 4.79 Å². The first-order valence-electron chi connectivity index (χ1n) is 13.3. The SMILES string of the molecule is NCCNC(=O)c1ccc(-c2ccc3[nH]c4ccc(-c5ccc6c(ccn6C(=O)NCCN)c5)cc4c3c2)cc1. The lowest BCUT2D eigenvalue weighted by molar-refractivity contribution is 0.0954. The zero-order valence-electron chi connectivity index (χ0n) is 21.9. The quantitative estimate of drug-likeness (QED) is 0.203. The van der Waals surface area contributed by atoms with Crippen LogP contribution < -0.4 is 22.1 Å². The molecule has 2 amide bonds. The van der Waals surface area contributed by atoms with Crippen molar-refractivity contribution in [3.05, 3.63) is 96.7 Å². The van der Waals surface area contributed by atoms with Crippen molar-refractivity contribution in [1.82, 2.24) is 20.2 Å². The van der Waals surface area contributed by atoms with Gasteiger partial charge in [0, 0.05) is 65.1 Å². The lowest BCUT2D eigenvalue weighted by atomic mass is 9.99. The summed E-state index contributed by atoms with van der Waals surface area (Å²) in [5, 5.41) is 8.86. The number of carbonyl (C=O) groups excluding carboxylic acids is 2. The number of hydrogen-bond donors (Lipinski definition) is 5. The molecule has 4 aromatic carbocycles. The molecule has 0 saturated carbocycles. The molecule has 0 unspecified atom stereocenters. The Balaban J connectivity index is 1.33. The number of nitrogens with two attached hydrogens (primary N) is 2. The molecule has 0 bridgehead atoms. The van der Waals surface area contributed by atoms with Gasteiger partial charge in [0.05, 0.1) is 5.52 Å². The first-order valence-corrected chi connectivity index (χ1v) is 13.3. The molecule has 0 atom stereocenters. The van der Waals surface area contributed by atoms with Crippen LogP contribution in [0.15, 0.2) is 91.1 Å². The van der Waals surface area contributed by atoms with Crippen molar-refractivity contribution in [3.63, 3.8) is 0 Å². The second-order valence-corrected chi connectivity index (χ2v) is 9.75. The number of benzene rings is 4. The van der Waals surface area contributed by atoms with Gasteiger partial charge in [-0.1, -0.05) is 30.3 Å². The molecule has 2 heterocycles. The number of aromatic nitrogens is 2. The second-order valence-electron chi connectivity index (χ2n) is 9.75. The van der Waals surface area contributed by atoms with E-state index in [4.69, 9.17) is 11.5 Å². The van der Waals surface area contributed by atoms with Gasteiger partial charge in [-0.15, -0.1) is 0 Å². The monoisotopic (exact) mass is 530 g/mol. The predicted molar refractivity (Wildman–Crippen MR) is 161 cm³/mol. The molecule has 0 aliphatic rings. The topological polar surface area (TPSA) is 131 Å². The van der Waals surface area contributed by atoms with Crippen molar-refractivity contribution >= 4 is 44.6 Å². The van der Waals surface area contributed by atoms with E-state index in [2.05, 4.69) is 58.1 Å². The fraction of sp³-hybridized carbons (Fsp3) is 0.125. The van der Waals surface area contributed by atoms with E-state index < -0.39 is 0 Å². The summed E-state index contributed by atoms with van der Waals surface area (Å²) in [6, 6.07) is 28.3. The van der Waals surface area contributed by atoms with Crippen LogP contribution in [0.4, 0.5) is 4.79 Å². The van der Waals surface area contributed by atoms with Crippen LogP contribution >= 0.6 is 0 Å². The molecule has 8 heteroatoms. The van der Waals surface area contributed by atoms with Gasteiger partial charge in [0.25, 0.3) is 5.91 Å². The number of nitrogens with zero attached hydrogens (tertiary/aromatic N) is 1. The maximum atomic E-state index is 12.5. The summed E-state index contributed by atoms with van der Waals surface area (Å²) in [6.07, 6.45) is 1.78. The number of rotatable bonds is 7. The van der Waals surface area contributed by atoms with E-state index in [0.717, 1.165) is 55.0 Å². The van der Waals surface area contributed by atoms with Crippen LogP contribution in [0.25, 0.3) is 55.0 Å². The molecule has 0 spiro atoms. The molecule has 0 saturated heterocycles. The third-order valence-electron chi connectivity index (χ3n) is 7.17. The highest BCUT2D eigenvalue weighted by atomic mass is 16.2. The van der Waals surface area contributed by atoms with Crippen molar-refractivity contribution in [2.45, 2.75) is 0 Å². The Morgan fingerprint density at radius 3 is 1.93 bits per heavy atom. The van der Waals surface area contributed by atoms with Gasteiger partial charge in [-0.05, 0) is 76.9 Å². The van der Waals surface area contributed by atoms with Gasteiger partial charge in [-0.2, -0.15) is 0 Å². The summed E-state index contributed by atoms with van der Waals surface area (Å²) in [7, 11) is 0. The van der Waals surface area contributed by atoms with E-state index in [1.807, 2.05) is 42.5 Å². The fourth-order valence-electron chi connectivity index (χ4n) is 5.12. The summed E-state index contributed by atoms with van der Waals surface area (Å²) in [5.74, 6) is -0.124. The predicted octanol–water partition coefficient (Wildman–Crippen LogP) is 4.81. The van der Waals surface area contributed by atoms with Crippen molar-refractivity contribution in [3.8, 4) is 22.3 Å². The molecule has 7 N–H and O–H groups in total. The van der Waals surface area contributed by atoms with Crippen molar-refractivity contribution < 1.29 is 9.59 Å². The van der Waals surface area contributed by atoms with Crippen molar-refractivity contribution in [2.75, 3.05) is 26.2 Å². The molecule has 6 aromatic rings. The summed E-state index contributed by atoms with van der Waals surface area (Å²) in [4.78, 5) is 28.2. The fourth-order valence-corrected chi connectivity index (χ4v) is 5.12. The molecule has 0 aliphatic carbocycles. The number of carbonyl (C=O) groups is 2. The Kier molecular flexibility index (Phi) is 6.77. The van der Waals surface area contributed by atoms with Gasteiger partial charge < -0.3 is 27.1 Å². The number of amides is 2. The lowest BCUT2D eigenvalue weighted by Gasteiger charge is -2.07. The van der Waals surface area contributed by atoms with Gasteiger partial charge in [0.15, 0.2) is 0 Å². The number of aromatic amines is 1. The standard InChI is InChI=1S/C32H30N6O2/c33-12-14-35-31(39)21-3-1-20(2-4-21)23-5-8-28-26(18-23)27-19-24(6-9-29(27)37-28)22-7-10-30-25(17-22)11-16-38(30)32(40)36-15-13-34/h1-11,16-19,37H,12-15,33-34H2,(H,35,39)(H,36,40). The Hall–Kier alpha value is -4.92. The van der Waals surface area contributed by atoms with Crippen LogP contribution in [-0.2, 0) is 0 Å². The first-order chi connectivity index (χ1) is 19.6. The van der Waals surface area contributed by atoms with Crippen molar-refractivity contribution in [2.24, 2.45) is 11.5 Å². The molecule has 0 fully saturated rings. The zero-order valence-corrected chi connectivity index (χ0v) is 21.9. The molecule has 2 aromatic heterocycles. The summed E-state index contributed by atoms with van der Waals surface area (Å²) >= 11 is 0. The molecule has 6 rings (SSSR count). The highest BCUT2D eigenvalue weighted by molar-refractivity contribution is 6.10. The summed E-state index contributed by atoms with van der Waals surface area (Å²) < 4.78 is 1.61. The third kappa shape index (κ3) is 4.70. The molecule has 200 valence electrons. The van der Waals surface area contributed by atoms with Gasteiger partial charge in [0.1, 0.15) is 0 Å². The molecular formula is C32H30N6O2. The molecule has 0 aliphatic heterocycles. The molecule has 8 nitrogen and oxygen atoms in total. The van der Waals surface area contributed by atoms with Gasteiger partial charge in [0.2, 0.25) is 0 Å². The minimum absolute atomic E-state index is 0.124. The number of fused-ring (bicyclic) bond motifs is 4. The maximum Gasteiger partial charge on any atom is 0.326 e. The number of nitrogens with one attached hydrogen (secondary N) is 3. The maximum absolute atomic E-state index is 12.5. The van der Waals surface area contributed by atoms with Crippen molar-refractivity contribution in [1.29, 1.82) is 0 Å². The number of H-pyrrole nitrogens is 1. The van der Waals surface area contributed by atoms with Gasteiger partial charge in [-0.3, -0.25) is 9.36 Å². The van der Waals surface area contributed by atoms with Crippen LogP contribution in [0.1, 0.15) is 10.4 Å². The summed E-state index contributed by atoms with van der Waals surface area (Å²) in [6.45, 7) is 1.69. The lowest BCUT2D eigenvalue weighted by Crippen LogP contribution is -2.32. The van der Waals surface area contributed by atoms with E-state index in [1.54, 1.807) is 10.8 Å². The highest BCUT2D eigenvalue weighted by Gasteiger charge is 2.12. The first kappa shape index (κ1) is 25.4. The zero-order chi connectivity index (χ0) is 27.6. The van der Waals surface area contributed by atoms with E-state index in [1.165, 1.54) is 0 Å². The molecule has 40 heavy (non-hydrogen) atoms. The number of hydrogen-bond acceptors (Lipinski definition) is 4. The van der Waals surface area contributed by atoms with E-state index in [-0.39, 0.29) is 11.9 Å². The highest BCUT2D eigenvalue weighted by Crippen LogP contribution is 2.34. The average molecular weight is 531 g/mol. The smallest absolute Gasteiger partial charge is 0.326 e. The molecular weight excluding hydrogens is 500 g/mol. The largest absolute Gasteiger partial charge is 0.355 e. The van der Waals surface area contributed by atoms with Crippen LogP contribution in [0.3, 0.4) is 0 Å². The van der Waals surface area contributed by atoms with E-state index in [9.17, 15) is 9.59 Å². The second kappa shape index (κ2) is 10.7. The Labute approximate surface area is 231 Å². The van der Waals surface area contributed by atoms with Crippen LogP contribution in [0.2, 0.25) is 0 Å². The normalized spacial score (nSPS) is 11.3. The van der Waals surface area contributed by atoms with Crippen LogP contribution in [-0.4, -0.2) is 47.7 Å². The Morgan fingerprint density at radius 1 is 0.675 bits per heavy atom.